The highest BCUT2D eigenvalue weighted by Gasteiger charge is 2.30. The van der Waals surface area contributed by atoms with Crippen molar-refractivity contribution in [3.63, 3.8) is 0 Å². The summed E-state index contributed by atoms with van der Waals surface area (Å²) < 4.78 is 50.9. The van der Waals surface area contributed by atoms with Crippen LogP contribution in [0, 0.1) is 0 Å². The van der Waals surface area contributed by atoms with Crippen molar-refractivity contribution >= 4 is 35.1 Å². The Morgan fingerprint density at radius 1 is 1.17 bits per heavy atom. The second-order valence-corrected chi connectivity index (χ2v) is 9.41. The van der Waals surface area contributed by atoms with E-state index in [1.807, 2.05) is 0 Å². The monoisotopic (exact) mass is 523 g/mol. The molecule has 0 bridgehead atoms. The van der Waals surface area contributed by atoms with Crippen LogP contribution in [0.2, 0.25) is 0 Å². The van der Waals surface area contributed by atoms with Crippen LogP contribution in [0.25, 0.3) is 5.69 Å². The molecule has 1 amide bonds. The first-order chi connectivity index (χ1) is 16.7. The Balaban J connectivity index is 1.61. The number of rotatable bonds is 7. The van der Waals surface area contributed by atoms with E-state index in [0.29, 0.717) is 39.4 Å². The summed E-state index contributed by atoms with van der Waals surface area (Å²) >= 11 is 2.45. The molecule has 12 heteroatoms. The highest BCUT2D eigenvalue weighted by atomic mass is 32.2. The van der Waals surface area contributed by atoms with E-state index in [0.717, 1.165) is 29.6 Å². The van der Waals surface area contributed by atoms with Crippen LogP contribution in [-0.4, -0.2) is 41.2 Å². The molecule has 7 nitrogen and oxygen atoms in total. The number of nitrogens with one attached hydrogen (secondary N) is 1. The van der Waals surface area contributed by atoms with E-state index < -0.39 is 17.6 Å². The number of nitrogens with zero attached hydrogens (tertiary/aromatic N) is 2. The minimum Gasteiger partial charge on any atom is -0.493 e. The van der Waals surface area contributed by atoms with Crippen LogP contribution in [-0.2, 0) is 17.4 Å². The van der Waals surface area contributed by atoms with Crippen molar-refractivity contribution in [2.24, 2.45) is 0 Å². The number of aromatic nitrogens is 2. The van der Waals surface area contributed by atoms with E-state index in [-0.39, 0.29) is 17.0 Å². The number of carbonyl (C=O) groups is 1. The van der Waals surface area contributed by atoms with Crippen molar-refractivity contribution in [1.29, 1.82) is 0 Å². The van der Waals surface area contributed by atoms with Gasteiger partial charge in [0.2, 0.25) is 5.91 Å². The van der Waals surface area contributed by atoms with Gasteiger partial charge in [0.05, 0.1) is 41.8 Å². The van der Waals surface area contributed by atoms with E-state index in [9.17, 15) is 22.8 Å². The van der Waals surface area contributed by atoms with Gasteiger partial charge in [-0.1, -0.05) is 17.8 Å². The largest absolute Gasteiger partial charge is 0.493 e. The molecule has 3 aromatic rings. The van der Waals surface area contributed by atoms with Crippen LogP contribution in [0.5, 0.6) is 11.5 Å². The van der Waals surface area contributed by atoms with Gasteiger partial charge < -0.3 is 14.8 Å². The minimum atomic E-state index is -4.52. The molecule has 4 rings (SSSR count). The first kappa shape index (κ1) is 25.0. The summed E-state index contributed by atoms with van der Waals surface area (Å²) in [4.78, 5) is 31.0. The zero-order valence-corrected chi connectivity index (χ0v) is 20.3. The Morgan fingerprint density at radius 2 is 1.94 bits per heavy atom. The molecule has 2 heterocycles. The predicted molar refractivity (Wildman–Crippen MR) is 128 cm³/mol. The molecule has 1 aliphatic rings. The third-order valence-electron chi connectivity index (χ3n) is 5.10. The number of hydrogen-bond donors (Lipinski definition) is 1. The molecule has 0 fully saturated rings. The third kappa shape index (κ3) is 5.43. The molecule has 1 aliphatic heterocycles. The Labute approximate surface area is 207 Å². The van der Waals surface area contributed by atoms with Crippen molar-refractivity contribution in [3.05, 3.63) is 64.1 Å². The lowest BCUT2D eigenvalue weighted by molar-refractivity contribution is -0.137. The number of aryl methyl sites for hydroxylation is 1. The second kappa shape index (κ2) is 10.2. The van der Waals surface area contributed by atoms with Crippen LogP contribution in [0.1, 0.15) is 11.3 Å². The fourth-order valence-electron chi connectivity index (χ4n) is 3.48. The molecular weight excluding hydrogens is 503 g/mol. The summed E-state index contributed by atoms with van der Waals surface area (Å²) in [5.74, 6) is 0.943. The first-order valence-corrected chi connectivity index (χ1v) is 12.3. The van der Waals surface area contributed by atoms with E-state index in [2.05, 4.69) is 10.3 Å². The summed E-state index contributed by atoms with van der Waals surface area (Å²) in [6.07, 6.45) is -3.89. The molecule has 0 radical (unpaired) electrons. The quantitative estimate of drug-likeness (QED) is 0.357. The van der Waals surface area contributed by atoms with E-state index in [1.54, 1.807) is 18.2 Å². The van der Waals surface area contributed by atoms with E-state index in [4.69, 9.17) is 9.47 Å². The van der Waals surface area contributed by atoms with Gasteiger partial charge in [0.15, 0.2) is 16.7 Å². The number of thioether (sulfide) groups is 2. The average molecular weight is 524 g/mol. The molecule has 0 saturated heterocycles. The lowest BCUT2D eigenvalue weighted by atomic mass is 10.2. The second-order valence-electron chi connectivity index (χ2n) is 7.36. The average Bonchev–Trinajstić information content (AvgIpc) is 3.31. The highest BCUT2D eigenvalue weighted by Crippen LogP contribution is 2.34. The number of halogens is 3. The number of anilines is 1. The summed E-state index contributed by atoms with van der Waals surface area (Å²) in [5, 5.41) is 2.76. The number of carbonyl (C=O) groups excluding carboxylic acids is 1. The van der Waals surface area contributed by atoms with Gasteiger partial charge >= 0.3 is 6.18 Å². The Morgan fingerprint density at radius 3 is 2.66 bits per heavy atom. The summed E-state index contributed by atoms with van der Waals surface area (Å²) in [5.41, 5.74) is 0.0586. The van der Waals surface area contributed by atoms with Crippen LogP contribution in [0.3, 0.4) is 0 Å². The maximum absolute atomic E-state index is 13.3. The van der Waals surface area contributed by atoms with Crippen molar-refractivity contribution in [2.45, 2.75) is 22.6 Å². The lowest BCUT2D eigenvalue weighted by Crippen LogP contribution is -2.24. The number of methoxy groups -OCH3 is 2. The van der Waals surface area contributed by atoms with Crippen molar-refractivity contribution in [3.8, 4) is 17.2 Å². The van der Waals surface area contributed by atoms with Crippen LogP contribution in [0.4, 0.5) is 18.9 Å². The van der Waals surface area contributed by atoms with Gasteiger partial charge in [-0.15, -0.1) is 11.8 Å². The van der Waals surface area contributed by atoms with Crippen molar-refractivity contribution < 1.29 is 27.4 Å². The standard InChI is InChI=1S/C23H20F3N3O4S2/c1-32-17-7-6-15(11-18(17)33-2)29-21(31)20-16(8-9-34-20)28-22(29)35-12-19(30)27-14-5-3-4-13(10-14)23(24,25)26/h3-7,10-11H,8-9,12H2,1-2H3,(H,27,30). The van der Waals surface area contributed by atoms with Gasteiger partial charge in [-0.25, -0.2) is 4.98 Å². The maximum atomic E-state index is 13.3. The maximum Gasteiger partial charge on any atom is 0.416 e. The zero-order chi connectivity index (χ0) is 25.2. The van der Waals surface area contributed by atoms with Gasteiger partial charge in [0.25, 0.3) is 5.56 Å². The number of alkyl halides is 3. The van der Waals surface area contributed by atoms with Crippen LogP contribution in [0.15, 0.2) is 57.3 Å². The number of fused-ring (bicyclic) bond motifs is 1. The Hall–Kier alpha value is -3.12. The fraction of sp³-hybridized carbons (Fsp3) is 0.261. The van der Waals surface area contributed by atoms with Gasteiger partial charge in [0.1, 0.15) is 0 Å². The summed E-state index contributed by atoms with van der Waals surface area (Å²) in [6, 6.07) is 9.38. The third-order valence-corrected chi connectivity index (χ3v) is 7.14. The summed E-state index contributed by atoms with van der Waals surface area (Å²) in [6.45, 7) is 0. The number of ether oxygens (including phenoxy) is 2. The van der Waals surface area contributed by atoms with Crippen molar-refractivity contribution in [2.75, 3.05) is 31.0 Å². The number of amides is 1. The van der Waals surface area contributed by atoms with Crippen LogP contribution >= 0.6 is 23.5 Å². The SMILES string of the molecule is COc1ccc(-n2c(SCC(=O)Nc3cccc(C(F)(F)F)c3)nc3c(c2=O)SCC3)cc1OC. The highest BCUT2D eigenvalue weighted by molar-refractivity contribution is 8.00. The zero-order valence-electron chi connectivity index (χ0n) is 18.6. The molecule has 184 valence electrons. The smallest absolute Gasteiger partial charge is 0.416 e. The van der Waals surface area contributed by atoms with Crippen LogP contribution < -0.4 is 20.3 Å². The Bertz CT molecular complexity index is 1330. The van der Waals surface area contributed by atoms with Gasteiger partial charge in [-0.3, -0.25) is 14.2 Å². The molecule has 1 N–H and O–H groups in total. The van der Waals surface area contributed by atoms with Gasteiger partial charge in [0, 0.05) is 23.9 Å². The topological polar surface area (TPSA) is 82.5 Å². The van der Waals surface area contributed by atoms with Crippen molar-refractivity contribution in [1.82, 2.24) is 9.55 Å². The molecule has 0 unspecified atom stereocenters. The predicted octanol–water partition coefficient (Wildman–Crippen LogP) is 4.65. The number of hydrogen-bond acceptors (Lipinski definition) is 7. The normalized spacial score (nSPS) is 12.8. The lowest BCUT2D eigenvalue weighted by Gasteiger charge is -2.16. The molecule has 0 aliphatic carbocycles. The minimum absolute atomic E-state index is 0.0287. The summed E-state index contributed by atoms with van der Waals surface area (Å²) in [7, 11) is 2.98. The molecule has 0 atom stereocenters. The van der Waals surface area contributed by atoms with E-state index in [1.165, 1.54) is 42.7 Å². The molecular formula is C23H20F3N3O4S2. The molecule has 2 aromatic carbocycles. The van der Waals surface area contributed by atoms with Gasteiger partial charge in [-0.05, 0) is 30.3 Å². The number of benzene rings is 2. The molecule has 0 saturated carbocycles. The van der Waals surface area contributed by atoms with E-state index >= 15 is 0 Å². The molecule has 35 heavy (non-hydrogen) atoms. The fourth-order valence-corrected chi connectivity index (χ4v) is 5.33. The molecule has 1 aromatic heterocycles. The first-order valence-electron chi connectivity index (χ1n) is 10.3. The van der Waals surface area contributed by atoms with Gasteiger partial charge in [-0.2, -0.15) is 13.2 Å². The Kier molecular flexibility index (Phi) is 7.31. The molecule has 0 spiro atoms.